The Kier molecular flexibility index (Phi) is 5.79. The van der Waals surface area contributed by atoms with E-state index in [0.717, 1.165) is 22.3 Å². The van der Waals surface area contributed by atoms with Gasteiger partial charge in [0.2, 0.25) is 0 Å². The summed E-state index contributed by atoms with van der Waals surface area (Å²) in [5, 5.41) is 9.33. The monoisotopic (exact) mass is 348 g/mol. The second-order valence-corrected chi connectivity index (χ2v) is 5.98. The van der Waals surface area contributed by atoms with Crippen LogP contribution >= 0.6 is 15.9 Å². The van der Waals surface area contributed by atoms with Crippen molar-refractivity contribution in [2.24, 2.45) is 5.73 Å². The van der Waals surface area contributed by atoms with Gasteiger partial charge in [-0.2, -0.15) is 0 Å². The van der Waals surface area contributed by atoms with Gasteiger partial charge in [-0.15, -0.1) is 0 Å². The minimum atomic E-state index is 0.00997. The number of nitrogens with zero attached hydrogens (tertiary/aromatic N) is 1. The summed E-state index contributed by atoms with van der Waals surface area (Å²) in [4.78, 5) is 2.16. The zero-order valence-corrected chi connectivity index (χ0v) is 13.8. The fraction of sp³-hybridized carbons (Fsp3) is 0.294. The van der Waals surface area contributed by atoms with Crippen LogP contribution in [0.3, 0.4) is 0 Å². The van der Waals surface area contributed by atoms with E-state index in [2.05, 4.69) is 45.1 Å². The zero-order valence-electron chi connectivity index (χ0n) is 12.2. The molecule has 0 aliphatic rings. The average Bonchev–Trinajstić information content (AvgIpc) is 2.48. The van der Waals surface area contributed by atoms with Crippen LogP contribution in [-0.4, -0.2) is 18.3 Å². The smallest absolute Gasteiger partial charge is 0.0606 e. The third-order valence-electron chi connectivity index (χ3n) is 3.42. The molecule has 0 heterocycles. The van der Waals surface area contributed by atoms with Gasteiger partial charge < -0.3 is 15.7 Å². The van der Waals surface area contributed by atoms with Crippen molar-refractivity contribution in [1.29, 1.82) is 0 Å². The predicted molar refractivity (Wildman–Crippen MR) is 91.3 cm³/mol. The number of nitrogens with two attached hydrogens (primary N) is 1. The van der Waals surface area contributed by atoms with Crippen molar-refractivity contribution < 1.29 is 5.11 Å². The highest BCUT2D eigenvalue weighted by molar-refractivity contribution is 9.10. The molecule has 4 heteroatoms. The van der Waals surface area contributed by atoms with Gasteiger partial charge in [-0.3, -0.25) is 0 Å². The van der Waals surface area contributed by atoms with Crippen LogP contribution in [0.5, 0.6) is 0 Å². The van der Waals surface area contributed by atoms with Crippen LogP contribution in [0.1, 0.15) is 24.1 Å². The van der Waals surface area contributed by atoms with E-state index in [9.17, 15) is 5.11 Å². The molecule has 1 unspecified atom stereocenters. The summed E-state index contributed by atoms with van der Waals surface area (Å²) < 4.78 is 1.00. The highest BCUT2D eigenvalue weighted by atomic mass is 79.9. The van der Waals surface area contributed by atoms with Gasteiger partial charge in [-0.25, -0.2) is 0 Å². The number of anilines is 1. The number of aliphatic hydroxyl groups excluding tert-OH is 1. The van der Waals surface area contributed by atoms with E-state index in [4.69, 9.17) is 5.73 Å². The van der Waals surface area contributed by atoms with E-state index in [1.54, 1.807) is 0 Å². The van der Waals surface area contributed by atoms with E-state index in [-0.39, 0.29) is 12.6 Å². The lowest BCUT2D eigenvalue weighted by atomic mass is 10.1. The zero-order chi connectivity index (χ0) is 15.2. The van der Waals surface area contributed by atoms with Crippen molar-refractivity contribution in [2.45, 2.75) is 19.5 Å². The standard InChI is InChI=1S/C17H21BrN2O/c1-13(19)15-7-8-17(16(18)11-15)20(9-10-21)12-14-5-3-2-4-6-14/h2-8,11,13,21H,9-10,12,19H2,1H3. The molecular formula is C17H21BrN2O. The first-order valence-electron chi connectivity index (χ1n) is 7.06. The quantitative estimate of drug-likeness (QED) is 0.840. The molecule has 3 nitrogen and oxygen atoms in total. The number of hydrogen-bond donors (Lipinski definition) is 2. The minimum absolute atomic E-state index is 0.00997. The lowest BCUT2D eigenvalue weighted by Crippen LogP contribution is -2.26. The van der Waals surface area contributed by atoms with Crippen molar-refractivity contribution in [3.05, 3.63) is 64.1 Å². The molecule has 0 fully saturated rings. The number of hydrogen-bond acceptors (Lipinski definition) is 3. The van der Waals surface area contributed by atoms with Crippen LogP contribution in [-0.2, 0) is 6.54 Å². The van der Waals surface area contributed by atoms with E-state index >= 15 is 0 Å². The largest absolute Gasteiger partial charge is 0.395 e. The van der Waals surface area contributed by atoms with Crippen molar-refractivity contribution in [1.82, 2.24) is 0 Å². The van der Waals surface area contributed by atoms with E-state index in [0.29, 0.717) is 6.54 Å². The minimum Gasteiger partial charge on any atom is -0.395 e. The number of benzene rings is 2. The molecule has 21 heavy (non-hydrogen) atoms. The van der Waals surface area contributed by atoms with Gasteiger partial charge in [0.1, 0.15) is 0 Å². The molecule has 2 aromatic carbocycles. The fourth-order valence-electron chi connectivity index (χ4n) is 2.27. The molecule has 2 rings (SSSR count). The summed E-state index contributed by atoms with van der Waals surface area (Å²) in [6.45, 7) is 3.44. The predicted octanol–water partition coefficient (Wildman–Crippen LogP) is 3.47. The molecule has 3 N–H and O–H groups in total. The summed E-state index contributed by atoms with van der Waals surface area (Å²) in [5.41, 5.74) is 9.29. The molecule has 0 aromatic heterocycles. The number of halogens is 1. The Morgan fingerprint density at radius 2 is 1.90 bits per heavy atom. The molecule has 1 atom stereocenters. The highest BCUT2D eigenvalue weighted by Crippen LogP contribution is 2.30. The van der Waals surface area contributed by atoms with Crippen LogP contribution in [0.2, 0.25) is 0 Å². The summed E-state index contributed by atoms with van der Waals surface area (Å²) in [6.07, 6.45) is 0. The van der Waals surface area contributed by atoms with Crippen molar-refractivity contribution in [2.75, 3.05) is 18.1 Å². The molecule has 0 aliphatic carbocycles. The molecule has 0 spiro atoms. The Hall–Kier alpha value is -1.36. The third-order valence-corrected chi connectivity index (χ3v) is 4.06. The molecule has 2 aromatic rings. The summed E-state index contributed by atoms with van der Waals surface area (Å²) >= 11 is 3.62. The summed E-state index contributed by atoms with van der Waals surface area (Å²) in [6, 6.07) is 16.4. The van der Waals surface area contributed by atoms with Gasteiger partial charge in [0, 0.05) is 23.6 Å². The first-order chi connectivity index (χ1) is 10.1. The highest BCUT2D eigenvalue weighted by Gasteiger charge is 2.12. The molecular weight excluding hydrogens is 328 g/mol. The van der Waals surface area contributed by atoms with Crippen LogP contribution < -0.4 is 10.6 Å². The second-order valence-electron chi connectivity index (χ2n) is 5.13. The maximum atomic E-state index is 9.33. The van der Waals surface area contributed by atoms with Crippen LogP contribution in [0.25, 0.3) is 0 Å². The SMILES string of the molecule is CC(N)c1ccc(N(CCO)Cc2ccccc2)c(Br)c1. The van der Waals surface area contributed by atoms with Gasteiger partial charge in [0.15, 0.2) is 0 Å². The Bertz CT molecular complexity index is 572. The molecule has 112 valence electrons. The van der Waals surface area contributed by atoms with Crippen LogP contribution in [0.4, 0.5) is 5.69 Å². The Morgan fingerprint density at radius 3 is 2.48 bits per heavy atom. The number of rotatable bonds is 6. The molecule has 0 saturated carbocycles. The molecule has 0 aliphatic heterocycles. The van der Waals surface area contributed by atoms with Gasteiger partial charge in [-0.1, -0.05) is 36.4 Å². The summed E-state index contributed by atoms with van der Waals surface area (Å²) in [7, 11) is 0. The Balaban J connectivity index is 2.25. The molecule has 0 amide bonds. The van der Waals surface area contributed by atoms with E-state index < -0.39 is 0 Å². The van der Waals surface area contributed by atoms with Gasteiger partial charge in [-0.05, 0) is 46.1 Å². The average molecular weight is 349 g/mol. The summed E-state index contributed by atoms with van der Waals surface area (Å²) in [5.74, 6) is 0. The molecule has 0 saturated heterocycles. The van der Waals surface area contributed by atoms with Crippen LogP contribution in [0, 0.1) is 0 Å². The molecule has 0 bridgehead atoms. The van der Waals surface area contributed by atoms with Gasteiger partial charge >= 0.3 is 0 Å². The lowest BCUT2D eigenvalue weighted by molar-refractivity contribution is 0.301. The molecule has 0 radical (unpaired) electrons. The van der Waals surface area contributed by atoms with E-state index in [1.165, 1.54) is 5.56 Å². The van der Waals surface area contributed by atoms with Gasteiger partial charge in [0.25, 0.3) is 0 Å². The van der Waals surface area contributed by atoms with Gasteiger partial charge in [0.05, 0.1) is 12.3 Å². The number of aliphatic hydroxyl groups is 1. The van der Waals surface area contributed by atoms with Crippen molar-refractivity contribution in [3.63, 3.8) is 0 Å². The van der Waals surface area contributed by atoms with E-state index in [1.807, 2.05) is 31.2 Å². The van der Waals surface area contributed by atoms with Crippen molar-refractivity contribution in [3.8, 4) is 0 Å². The van der Waals surface area contributed by atoms with Crippen molar-refractivity contribution >= 4 is 21.6 Å². The lowest BCUT2D eigenvalue weighted by Gasteiger charge is -2.26. The maximum Gasteiger partial charge on any atom is 0.0606 e. The maximum absolute atomic E-state index is 9.33. The third kappa shape index (κ3) is 4.30. The first-order valence-corrected chi connectivity index (χ1v) is 7.86. The second kappa shape index (κ2) is 7.59. The first kappa shape index (κ1) is 16.0. The topological polar surface area (TPSA) is 49.5 Å². The van der Waals surface area contributed by atoms with Crippen LogP contribution in [0.15, 0.2) is 53.0 Å². The fourth-order valence-corrected chi connectivity index (χ4v) is 2.92. The normalized spacial score (nSPS) is 12.2. The Morgan fingerprint density at radius 1 is 1.19 bits per heavy atom. The Labute approximate surface area is 134 Å².